The first-order chi connectivity index (χ1) is 14.4. The molecule has 2 aromatic carbocycles. The zero-order chi connectivity index (χ0) is 21.4. The third-order valence-electron chi connectivity index (χ3n) is 4.05. The fraction of sp³-hybridized carbons (Fsp3) is 0.190. The Bertz CT molecular complexity index is 1090. The van der Waals surface area contributed by atoms with Crippen LogP contribution >= 0.6 is 0 Å². The van der Waals surface area contributed by atoms with E-state index in [1.165, 1.54) is 36.7 Å². The molecule has 156 valence electrons. The fourth-order valence-corrected chi connectivity index (χ4v) is 3.56. The standard InChI is InChI=1S/C21H22N4O4S/c1-16-5-2-6-18(15-16)29-14-3-7-20(26)24-17-8-10-19(11-9-17)30(27,28)25-21-22-12-4-13-23-21/h2,4-6,8-13,15H,3,7,14H2,1H3,(H,24,26)(H,22,23,25). The molecule has 0 saturated carbocycles. The van der Waals surface area contributed by atoms with Crippen LogP contribution in [0.25, 0.3) is 0 Å². The number of benzene rings is 2. The average Bonchev–Trinajstić information content (AvgIpc) is 2.72. The Morgan fingerprint density at radius 2 is 1.77 bits per heavy atom. The summed E-state index contributed by atoms with van der Waals surface area (Å²) in [6.07, 6.45) is 3.73. The molecule has 0 unspecified atom stereocenters. The van der Waals surface area contributed by atoms with Gasteiger partial charge in [0.1, 0.15) is 5.75 Å². The van der Waals surface area contributed by atoms with Crippen molar-refractivity contribution >= 4 is 27.6 Å². The molecular weight excluding hydrogens is 404 g/mol. The number of aromatic nitrogens is 2. The van der Waals surface area contributed by atoms with Gasteiger partial charge in [-0.3, -0.25) is 4.79 Å². The molecule has 0 radical (unpaired) electrons. The first kappa shape index (κ1) is 21.3. The van der Waals surface area contributed by atoms with Crippen molar-refractivity contribution in [3.8, 4) is 5.75 Å². The molecule has 3 rings (SSSR count). The summed E-state index contributed by atoms with van der Waals surface area (Å²) in [5, 5.41) is 2.74. The van der Waals surface area contributed by atoms with Crippen molar-refractivity contribution in [2.24, 2.45) is 0 Å². The number of hydrogen-bond donors (Lipinski definition) is 2. The highest BCUT2D eigenvalue weighted by molar-refractivity contribution is 7.92. The molecule has 0 fully saturated rings. The van der Waals surface area contributed by atoms with Gasteiger partial charge in [0.05, 0.1) is 11.5 Å². The smallest absolute Gasteiger partial charge is 0.264 e. The number of nitrogens with zero attached hydrogens (tertiary/aromatic N) is 2. The van der Waals surface area contributed by atoms with Crippen molar-refractivity contribution in [1.82, 2.24) is 9.97 Å². The lowest BCUT2D eigenvalue weighted by molar-refractivity contribution is -0.116. The van der Waals surface area contributed by atoms with Crippen LogP contribution in [-0.4, -0.2) is 30.9 Å². The predicted molar refractivity (Wildman–Crippen MR) is 114 cm³/mol. The van der Waals surface area contributed by atoms with Crippen molar-refractivity contribution < 1.29 is 17.9 Å². The van der Waals surface area contributed by atoms with Crippen LogP contribution in [0, 0.1) is 6.92 Å². The predicted octanol–water partition coefficient (Wildman–Crippen LogP) is 3.38. The fourth-order valence-electron chi connectivity index (χ4n) is 2.60. The molecule has 3 aromatic rings. The van der Waals surface area contributed by atoms with Gasteiger partial charge in [-0.2, -0.15) is 0 Å². The summed E-state index contributed by atoms with van der Waals surface area (Å²) in [5.74, 6) is 0.596. The third-order valence-corrected chi connectivity index (χ3v) is 5.39. The second-order valence-corrected chi connectivity index (χ2v) is 8.20. The molecule has 0 saturated heterocycles. The van der Waals surface area contributed by atoms with E-state index in [1.807, 2.05) is 31.2 Å². The van der Waals surface area contributed by atoms with E-state index in [2.05, 4.69) is 20.0 Å². The van der Waals surface area contributed by atoms with Gasteiger partial charge < -0.3 is 10.1 Å². The number of ether oxygens (including phenoxy) is 1. The minimum atomic E-state index is -3.81. The number of nitrogens with one attached hydrogen (secondary N) is 2. The van der Waals surface area contributed by atoms with E-state index in [9.17, 15) is 13.2 Å². The lowest BCUT2D eigenvalue weighted by Gasteiger charge is -2.09. The summed E-state index contributed by atoms with van der Waals surface area (Å²) >= 11 is 0. The minimum absolute atomic E-state index is 0.0113. The summed E-state index contributed by atoms with van der Waals surface area (Å²) in [4.78, 5) is 19.8. The van der Waals surface area contributed by atoms with Crippen LogP contribution in [0.5, 0.6) is 5.75 Å². The van der Waals surface area contributed by atoms with Gasteiger partial charge in [0.2, 0.25) is 11.9 Å². The Balaban J connectivity index is 1.47. The molecule has 0 aliphatic heterocycles. The number of rotatable bonds is 9. The number of carbonyl (C=O) groups excluding carboxylic acids is 1. The molecule has 1 heterocycles. The molecule has 0 aliphatic carbocycles. The van der Waals surface area contributed by atoms with Gasteiger partial charge in [-0.05, 0) is 61.4 Å². The van der Waals surface area contributed by atoms with Crippen molar-refractivity contribution in [2.45, 2.75) is 24.7 Å². The van der Waals surface area contributed by atoms with E-state index in [-0.39, 0.29) is 16.8 Å². The maximum Gasteiger partial charge on any atom is 0.264 e. The normalized spacial score (nSPS) is 11.0. The quantitative estimate of drug-likeness (QED) is 0.508. The first-order valence-electron chi connectivity index (χ1n) is 9.32. The third kappa shape index (κ3) is 6.28. The minimum Gasteiger partial charge on any atom is -0.494 e. The van der Waals surface area contributed by atoms with E-state index in [4.69, 9.17) is 4.74 Å². The molecule has 30 heavy (non-hydrogen) atoms. The van der Waals surface area contributed by atoms with Crippen LogP contribution in [0.4, 0.5) is 11.6 Å². The summed E-state index contributed by atoms with van der Waals surface area (Å²) in [6, 6.07) is 15.2. The van der Waals surface area contributed by atoms with Gasteiger partial charge in [0, 0.05) is 24.5 Å². The highest BCUT2D eigenvalue weighted by Crippen LogP contribution is 2.17. The Kier molecular flexibility index (Phi) is 6.97. The lowest BCUT2D eigenvalue weighted by atomic mass is 10.2. The van der Waals surface area contributed by atoms with Gasteiger partial charge in [-0.1, -0.05) is 12.1 Å². The van der Waals surface area contributed by atoms with E-state index < -0.39 is 10.0 Å². The number of carbonyl (C=O) groups is 1. The van der Waals surface area contributed by atoms with Crippen molar-refractivity contribution in [2.75, 3.05) is 16.6 Å². The number of anilines is 2. The number of sulfonamides is 1. The highest BCUT2D eigenvalue weighted by Gasteiger charge is 2.15. The van der Waals surface area contributed by atoms with Crippen molar-refractivity contribution in [3.05, 3.63) is 72.6 Å². The van der Waals surface area contributed by atoms with Gasteiger partial charge in [-0.15, -0.1) is 0 Å². The van der Waals surface area contributed by atoms with E-state index >= 15 is 0 Å². The molecule has 1 amide bonds. The maximum atomic E-state index is 12.4. The average molecular weight is 426 g/mol. The largest absolute Gasteiger partial charge is 0.494 e. The van der Waals surface area contributed by atoms with Crippen LogP contribution in [0.2, 0.25) is 0 Å². The van der Waals surface area contributed by atoms with Crippen LogP contribution in [0.1, 0.15) is 18.4 Å². The monoisotopic (exact) mass is 426 g/mol. The Hall–Kier alpha value is -3.46. The highest BCUT2D eigenvalue weighted by atomic mass is 32.2. The molecule has 8 nitrogen and oxygen atoms in total. The maximum absolute atomic E-state index is 12.4. The van der Waals surface area contributed by atoms with Crippen LogP contribution < -0.4 is 14.8 Å². The van der Waals surface area contributed by atoms with Crippen molar-refractivity contribution in [1.29, 1.82) is 0 Å². The molecule has 0 aliphatic rings. The van der Waals surface area contributed by atoms with E-state index in [1.54, 1.807) is 6.07 Å². The summed E-state index contributed by atoms with van der Waals surface area (Å²) in [7, 11) is -3.81. The van der Waals surface area contributed by atoms with Crippen LogP contribution in [0.15, 0.2) is 71.9 Å². The number of hydrogen-bond acceptors (Lipinski definition) is 6. The van der Waals surface area contributed by atoms with E-state index in [0.717, 1.165) is 11.3 Å². The van der Waals surface area contributed by atoms with Gasteiger partial charge in [-0.25, -0.2) is 23.1 Å². The Morgan fingerprint density at radius 1 is 1.03 bits per heavy atom. The molecule has 0 atom stereocenters. The van der Waals surface area contributed by atoms with E-state index in [0.29, 0.717) is 25.1 Å². The Labute approximate surface area is 175 Å². The zero-order valence-electron chi connectivity index (χ0n) is 16.4. The SMILES string of the molecule is Cc1cccc(OCCCC(=O)Nc2ccc(S(=O)(=O)Nc3ncccn3)cc2)c1. The molecular formula is C21H22N4O4S. The topological polar surface area (TPSA) is 110 Å². The molecule has 0 bridgehead atoms. The molecule has 0 spiro atoms. The molecule has 2 N–H and O–H groups in total. The Morgan fingerprint density at radius 3 is 2.47 bits per heavy atom. The summed E-state index contributed by atoms with van der Waals surface area (Å²) < 4.78 is 32.6. The number of aryl methyl sites for hydroxylation is 1. The zero-order valence-corrected chi connectivity index (χ0v) is 17.2. The summed E-state index contributed by atoms with van der Waals surface area (Å²) in [5.41, 5.74) is 1.62. The first-order valence-corrected chi connectivity index (χ1v) is 10.8. The van der Waals surface area contributed by atoms with Gasteiger partial charge >= 0.3 is 0 Å². The second-order valence-electron chi connectivity index (χ2n) is 6.52. The summed E-state index contributed by atoms with van der Waals surface area (Å²) in [6.45, 7) is 2.42. The molecule has 1 aromatic heterocycles. The van der Waals surface area contributed by atoms with Gasteiger partial charge in [0.25, 0.3) is 10.0 Å². The molecule has 9 heteroatoms. The van der Waals surface area contributed by atoms with Gasteiger partial charge in [0.15, 0.2) is 0 Å². The van der Waals surface area contributed by atoms with Crippen LogP contribution in [0.3, 0.4) is 0 Å². The number of amides is 1. The van der Waals surface area contributed by atoms with Crippen LogP contribution in [-0.2, 0) is 14.8 Å². The lowest BCUT2D eigenvalue weighted by Crippen LogP contribution is -2.15. The second kappa shape index (κ2) is 9.84. The van der Waals surface area contributed by atoms with Crippen molar-refractivity contribution in [3.63, 3.8) is 0 Å².